The summed E-state index contributed by atoms with van der Waals surface area (Å²) in [7, 11) is 0. The van der Waals surface area contributed by atoms with Gasteiger partial charge < -0.3 is 10.4 Å². The van der Waals surface area contributed by atoms with Gasteiger partial charge in [-0.05, 0) is 48.5 Å². The van der Waals surface area contributed by atoms with E-state index in [0.717, 1.165) is 42.0 Å². The van der Waals surface area contributed by atoms with Gasteiger partial charge in [0.15, 0.2) is 0 Å². The molecule has 112 valence electrons. The molecule has 2 aliphatic heterocycles. The number of carbonyl (C=O) groups excluding carboxylic acids is 1. The van der Waals surface area contributed by atoms with Crippen LogP contribution in [0.3, 0.4) is 0 Å². The van der Waals surface area contributed by atoms with Gasteiger partial charge in [0.25, 0.3) is 0 Å². The van der Waals surface area contributed by atoms with Crippen molar-refractivity contribution in [2.75, 3.05) is 23.0 Å². The number of rotatable bonds is 2. The first-order valence-corrected chi connectivity index (χ1v) is 8.32. The fourth-order valence-corrected chi connectivity index (χ4v) is 3.92. The van der Waals surface area contributed by atoms with E-state index < -0.39 is 5.97 Å². The zero-order chi connectivity index (χ0) is 14.8. The summed E-state index contributed by atoms with van der Waals surface area (Å²) in [5.74, 6) is 1.21. The standard InChI is InChI=1S/C15H18N2O3S/c18-14(19)11-2-1-10-3-6-17(13(10)9-11)15(20)16-12-4-7-21-8-5-12/h1-2,9,12H,3-8H2,(H,16,20)(H,18,19). The van der Waals surface area contributed by atoms with E-state index in [0.29, 0.717) is 6.54 Å². The number of nitrogens with zero attached hydrogens (tertiary/aromatic N) is 1. The van der Waals surface area contributed by atoms with E-state index in [4.69, 9.17) is 5.11 Å². The summed E-state index contributed by atoms with van der Waals surface area (Å²) in [6.07, 6.45) is 2.79. The fraction of sp³-hybridized carbons (Fsp3) is 0.467. The molecule has 1 aromatic carbocycles. The number of thioether (sulfide) groups is 1. The molecule has 21 heavy (non-hydrogen) atoms. The molecule has 0 bridgehead atoms. The smallest absolute Gasteiger partial charge is 0.335 e. The summed E-state index contributed by atoms with van der Waals surface area (Å²) in [6, 6.07) is 5.14. The zero-order valence-electron chi connectivity index (χ0n) is 11.7. The van der Waals surface area contributed by atoms with Gasteiger partial charge in [0.2, 0.25) is 0 Å². The minimum absolute atomic E-state index is 0.104. The predicted octanol–water partition coefficient (Wildman–Crippen LogP) is 2.35. The predicted molar refractivity (Wildman–Crippen MR) is 83.3 cm³/mol. The summed E-state index contributed by atoms with van der Waals surface area (Å²) < 4.78 is 0. The van der Waals surface area contributed by atoms with E-state index in [9.17, 15) is 9.59 Å². The van der Waals surface area contributed by atoms with Crippen molar-refractivity contribution >= 4 is 29.4 Å². The van der Waals surface area contributed by atoms with Crippen LogP contribution in [0.5, 0.6) is 0 Å². The molecule has 1 fully saturated rings. The Morgan fingerprint density at radius 2 is 2.05 bits per heavy atom. The van der Waals surface area contributed by atoms with Crippen LogP contribution >= 0.6 is 11.8 Å². The maximum absolute atomic E-state index is 12.4. The van der Waals surface area contributed by atoms with Crippen LogP contribution in [0.4, 0.5) is 10.5 Å². The quantitative estimate of drug-likeness (QED) is 0.880. The number of hydrogen-bond acceptors (Lipinski definition) is 3. The lowest BCUT2D eigenvalue weighted by Gasteiger charge is -2.26. The Morgan fingerprint density at radius 1 is 1.29 bits per heavy atom. The molecule has 6 heteroatoms. The second-order valence-corrected chi connectivity index (χ2v) is 6.61. The normalized spacial score (nSPS) is 18.4. The monoisotopic (exact) mass is 306 g/mol. The molecule has 0 spiro atoms. The van der Waals surface area contributed by atoms with Crippen molar-refractivity contribution in [3.63, 3.8) is 0 Å². The third-order valence-corrected chi connectivity index (χ3v) is 5.07. The number of aromatic carboxylic acids is 1. The summed E-state index contributed by atoms with van der Waals surface area (Å²) in [5.41, 5.74) is 1.99. The first-order chi connectivity index (χ1) is 10.1. The van der Waals surface area contributed by atoms with Crippen molar-refractivity contribution in [2.45, 2.75) is 25.3 Å². The molecule has 2 aliphatic rings. The molecule has 2 N–H and O–H groups in total. The number of carboxylic acid groups (broad SMARTS) is 1. The van der Waals surface area contributed by atoms with Gasteiger partial charge in [0.1, 0.15) is 0 Å². The minimum Gasteiger partial charge on any atom is -0.478 e. The minimum atomic E-state index is -0.964. The molecule has 0 unspecified atom stereocenters. The maximum atomic E-state index is 12.4. The van der Waals surface area contributed by atoms with Crippen LogP contribution in [0.25, 0.3) is 0 Å². The molecular weight excluding hydrogens is 288 g/mol. The van der Waals surface area contributed by atoms with Crippen LogP contribution in [0.1, 0.15) is 28.8 Å². The second kappa shape index (κ2) is 5.97. The number of benzene rings is 1. The molecule has 1 aromatic rings. The van der Waals surface area contributed by atoms with Crippen LogP contribution in [0.2, 0.25) is 0 Å². The molecule has 3 rings (SSSR count). The van der Waals surface area contributed by atoms with Gasteiger partial charge in [-0.25, -0.2) is 9.59 Å². The summed E-state index contributed by atoms with van der Waals surface area (Å²) in [6.45, 7) is 0.617. The largest absolute Gasteiger partial charge is 0.478 e. The number of urea groups is 1. The third kappa shape index (κ3) is 3.00. The topological polar surface area (TPSA) is 69.6 Å². The fourth-order valence-electron chi connectivity index (χ4n) is 2.82. The van der Waals surface area contributed by atoms with Crippen molar-refractivity contribution in [3.05, 3.63) is 29.3 Å². The highest BCUT2D eigenvalue weighted by Crippen LogP contribution is 2.29. The van der Waals surface area contributed by atoms with E-state index in [-0.39, 0.29) is 17.6 Å². The lowest BCUT2D eigenvalue weighted by Crippen LogP contribution is -2.45. The lowest BCUT2D eigenvalue weighted by molar-refractivity contribution is 0.0697. The maximum Gasteiger partial charge on any atom is 0.335 e. The van der Waals surface area contributed by atoms with Gasteiger partial charge in [-0.15, -0.1) is 0 Å². The summed E-state index contributed by atoms with van der Waals surface area (Å²) in [4.78, 5) is 25.2. The van der Waals surface area contributed by atoms with Gasteiger partial charge in [-0.3, -0.25) is 4.90 Å². The number of carboxylic acids is 1. The van der Waals surface area contributed by atoms with E-state index in [1.54, 1.807) is 17.0 Å². The second-order valence-electron chi connectivity index (χ2n) is 5.39. The Balaban J connectivity index is 1.74. The Labute approximate surface area is 127 Å². The average molecular weight is 306 g/mol. The van der Waals surface area contributed by atoms with Crippen LogP contribution in [-0.4, -0.2) is 41.2 Å². The number of carbonyl (C=O) groups is 2. The highest BCUT2D eigenvalue weighted by molar-refractivity contribution is 7.99. The number of hydrogen-bond donors (Lipinski definition) is 2. The lowest BCUT2D eigenvalue weighted by atomic mass is 10.1. The molecule has 2 amide bonds. The molecule has 5 nitrogen and oxygen atoms in total. The van der Waals surface area contributed by atoms with Crippen LogP contribution in [0, 0.1) is 0 Å². The Morgan fingerprint density at radius 3 is 2.76 bits per heavy atom. The van der Waals surface area contributed by atoms with Gasteiger partial charge in [-0.2, -0.15) is 11.8 Å². The molecule has 1 saturated heterocycles. The van der Waals surface area contributed by atoms with Crippen molar-refractivity contribution in [1.82, 2.24) is 5.32 Å². The molecule has 0 aromatic heterocycles. The number of anilines is 1. The van der Waals surface area contributed by atoms with Crippen LogP contribution in [0.15, 0.2) is 18.2 Å². The number of nitrogens with one attached hydrogen (secondary N) is 1. The Hall–Kier alpha value is -1.69. The van der Waals surface area contributed by atoms with E-state index in [1.165, 1.54) is 0 Å². The summed E-state index contributed by atoms with van der Waals surface area (Å²) in [5, 5.41) is 12.2. The molecule has 0 atom stereocenters. The van der Waals surface area contributed by atoms with E-state index >= 15 is 0 Å². The van der Waals surface area contributed by atoms with Crippen LogP contribution in [-0.2, 0) is 6.42 Å². The Kier molecular flexibility index (Phi) is 4.05. The van der Waals surface area contributed by atoms with Crippen molar-refractivity contribution < 1.29 is 14.7 Å². The van der Waals surface area contributed by atoms with Gasteiger partial charge in [0, 0.05) is 18.3 Å². The van der Waals surface area contributed by atoms with Crippen LogP contribution < -0.4 is 10.2 Å². The first kappa shape index (κ1) is 14.3. The molecule has 2 heterocycles. The highest BCUT2D eigenvalue weighted by atomic mass is 32.2. The molecular formula is C15H18N2O3S. The third-order valence-electron chi connectivity index (χ3n) is 4.02. The molecule has 0 aliphatic carbocycles. The zero-order valence-corrected chi connectivity index (χ0v) is 12.5. The van der Waals surface area contributed by atoms with E-state index in [2.05, 4.69) is 5.32 Å². The first-order valence-electron chi connectivity index (χ1n) is 7.17. The highest BCUT2D eigenvalue weighted by Gasteiger charge is 2.27. The summed E-state index contributed by atoms with van der Waals surface area (Å²) >= 11 is 1.92. The van der Waals surface area contributed by atoms with Gasteiger partial charge in [-0.1, -0.05) is 6.07 Å². The van der Waals surface area contributed by atoms with Gasteiger partial charge in [0.05, 0.1) is 5.56 Å². The number of fused-ring (bicyclic) bond motifs is 1. The van der Waals surface area contributed by atoms with Crippen molar-refractivity contribution in [2.24, 2.45) is 0 Å². The average Bonchev–Trinajstić information content (AvgIpc) is 2.91. The van der Waals surface area contributed by atoms with Crippen molar-refractivity contribution in [1.29, 1.82) is 0 Å². The van der Waals surface area contributed by atoms with E-state index in [1.807, 2.05) is 17.8 Å². The number of amides is 2. The Bertz CT molecular complexity index is 570. The van der Waals surface area contributed by atoms with Crippen molar-refractivity contribution in [3.8, 4) is 0 Å². The SMILES string of the molecule is O=C(O)c1ccc2c(c1)N(C(=O)NC1CCSCC1)CC2. The molecule has 0 saturated carbocycles. The molecule has 0 radical (unpaired) electrons. The van der Waals surface area contributed by atoms with Gasteiger partial charge >= 0.3 is 12.0 Å².